The Hall–Kier alpha value is -8.33. The van der Waals surface area contributed by atoms with Crippen LogP contribution in [0.3, 0.4) is 0 Å². The maximum atomic E-state index is 13.4. The van der Waals surface area contributed by atoms with E-state index in [2.05, 4.69) is 73.2 Å². The first-order chi connectivity index (χ1) is 51.4. The quantitative estimate of drug-likeness (QED) is 0.0410. The number of aryl methyl sites for hydroxylation is 4. The number of nitrogens with one attached hydrogen (secondary N) is 4. The zero-order valence-corrected chi connectivity index (χ0v) is 65.7. The van der Waals surface area contributed by atoms with Crippen molar-refractivity contribution in [1.82, 2.24) is 0 Å². The molecule has 8 aromatic carbocycles. The van der Waals surface area contributed by atoms with Crippen LogP contribution in [0.4, 0.5) is 22.7 Å². The maximum Gasteiger partial charge on any atom is 2.00 e. The summed E-state index contributed by atoms with van der Waals surface area (Å²) < 4.78 is 0. The third-order valence-electron chi connectivity index (χ3n) is 21.3. The Morgan fingerprint density at radius 2 is 0.528 bits per heavy atom. The van der Waals surface area contributed by atoms with E-state index in [4.69, 9.17) is 66.4 Å². The number of hydrogen-bond acceptors (Lipinski definition) is 12. The van der Waals surface area contributed by atoms with Crippen LogP contribution in [0, 0.1) is 0 Å². The molecule has 16 nitrogen and oxygen atoms in total. The topological polar surface area (TPSA) is 258 Å². The molecule has 6 aliphatic carbocycles. The monoisotopic (exact) mass is 1620 g/mol. The summed E-state index contributed by atoms with van der Waals surface area (Å²) in [6.45, 7) is 8.64. The Morgan fingerprint density at radius 3 is 0.731 bits per heavy atom. The Morgan fingerprint density at radius 1 is 0.333 bits per heavy atom. The van der Waals surface area contributed by atoms with Gasteiger partial charge in [0.2, 0.25) is 0 Å². The molecule has 0 aliphatic heterocycles. The zero-order valence-electron chi connectivity index (χ0n) is 60.7. The van der Waals surface area contributed by atoms with Crippen molar-refractivity contribution in [1.29, 1.82) is 0 Å². The number of para-hydroxylation sites is 4. The normalized spacial score (nSPS) is 20.1. The Bertz CT molecular complexity index is 4080. The minimum atomic E-state index is -0.426. The van der Waals surface area contributed by atoms with E-state index >= 15 is 0 Å². The van der Waals surface area contributed by atoms with Gasteiger partial charge in [-0.15, -0.1) is 46.4 Å². The molecular formula is C86H88Cl4N8Ni2O8. The summed E-state index contributed by atoms with van der Waals surface area (Å²) in [6.07, 6.45) is 21.4. The van der Waals surface area contributed by atoms with E-state index < -0.39 is 23.6 Å². The van der Waals surface area contributed by atoms with Gasteiger partial charge in [-0.25, -0.2) is 0 Å². The molecule has 22 heteroatoms. The van der Waals surface area contributed by atoms with Gasteiger partial charge in [0.05, 0.1) is 34.8 Å². The summed E-state index contributed by atoms with van der Waals surface area (Å²) in [5.41, 5.74) is 14.3. The van der Waals surface area contributed by atoms with Crippen LogP contribution in [0.2, 0.25) is 0 Å². The number of rotatable bonds is 16. The van der Waals surface area contributed by atoms with Crippen molar-refractivity contribution in [3.63, 3.8) is 0 Å². The second kappa shape index (κ2) is 39.9. The number of carbonyl (C=O) groups is 4. The number of carbonyl (C=O) groups excluding carboxylic acids is 4. The van der Waals surface area contributed by atoms with Crippen LogP contribution in [0.25, 0.3) is 0 Å². The minimum absolute atomic E-state index is 0. The third-order valence-corrected chi connectivity index (χ3v) is 21.3. The number of anilines is 4. The number of aliphatic imine (C=N–C) groups is 4. The van der Waals surface area contributed by atoms with Crippen molar-refractivity contribution in [2.24, 2.45) is 20.0 Å². The van der Waals surface area contributed by atoms with Gasteiger partial charge < -0.3 is 41.7 Å². The first kappa shape index (κ1) is 83.7. The number of benzene rings is 8. The van der Waals surface area contributed by atoms with E-state index in [1.807, 2.05) is 48.5 Å². The SMILES string of the molecule is C[C@@H]1CCc2cccc(NC(=O)c3cccc(C=N[C@@H]4CCCC[C@H]4N=Cc4cccc(C(=O)Nc5cccc6c5[C@H](C)CC6)c4[O-])c3[O-])c21.C[C@@H]1CCc2cccc(NC(=O)c3cccc(C=N[C@@H]4CCCC[C@H]4N=Cc4cccc(C(=O)Nc5cccc6c5[C@H](C)CC6)c4[O-])c3[O-])c21.ClCCl.ClCCl.[Ni+2].[Ni+2]. The molecule has 0 aromatic heterocycles. The van der Waals surface area contributed by atoms with Crippen LogP contribution in [0.1, 0.15) is 237 Å². The molecule has 0 saturated heterocycles. The first-order valence-corrected chi connectivity index (χ1v) is 38.8. The van der Waals surface area contributed by atoms with E-state index in [0.29, 0.717) is 45.9 Å². The second-order valence-corrected chi connectivity index (χ2v) is 29.8. The van der Waals surface area contributed by atoms with Crippen LogP contribution >= 0.6 is 46.4 Å². The second-order valence-electron chi connectivity index (χ2n) is 28.1. The van der Waals surface area contributed by atoms with Gasteiger partial charge in [-0.2, -0.15) is 0 Å². The molecule has 2 saturated carbocycles. The molecule has 0 unspecified atom stereocenters. The summed E-state index contributed by atoms with van der Waals surface area (Å²) in [5, 5.41) is 66.0. The third kappa shape index (κ3) is 20.0. The van der Waals surface area contributed by atoms with Gasteiger partial charge in [-0.3, -0.25) is 39.1 Å². The van der Waals surface area contributed by atoms with Crippen molar-refractivity contribution in [2.75, 3.05) is 31.9 Å². The number of nitrogens with zero attached hydrogens (tertiary/aromatic N) is 4. The van der Waals surface area contributed by atoms with Crippen LogP contribution in [0.5, 0.6) is 23.0 Å². The number of fused-ring (bicyclic) bond motifs is 4. The molecule has 4 N–H and O–H groups in total. The first-order valence-electron chi connectivity index (χ1n) is 36.7. The molecule has 6 aliphatic rings. The molecule has 0 spiro atoms. The van der Waals surface area contributed by atoms with Crippen molar-refractivity contribution in [3.8, 4) is 23.0 Å². The van der Waals surface area contributed by atoms with Crippen molar-refractivity contribution >= 4 is 118 Å². The fourth-order valence-electron chi connectivity index (χ4n) is 15.8. The van der Waals surface area contributed by atoms with E-state index in [0.717, 1.165) is 148 Å². The fraction of sp³-hybridized carbons (Fsp3) is 0.349. The molecule has 4 amide bonds. The summed E-state index contributed by atoms with van der Waals surface area (Å²) >= 11 is 19.1. The average Bonchev–Trinajstić information content (AvgIpc) is 1.72. The molecule has 568 valence electrons. The van der Waals surface area contributed by atoms with E-state index in [-0.39, 0.29) is 113 Å². The smallest absolute Gasteiger partial charge is 0.871 e. The maximum absolute atomic E-state index is 13.4. The molecule has 0 bridgehead atoms. The number of hydrogen-bond donors (Lipinski definition) is 4. The molecule has 2 fully saturated rings. The molecular weight excluding hydrogens is 1530 g/mol. The van der Waals surface area contributed by atoms with Gasteiger partial charge in [-0.05, 0) is 192 Å². The summed E-state index contributed by atoms with van der Waals surface area (Å²) in [5.74, 6) is -1.77. The van der Waals surface area contributed by atoms with Gasteiger partial charge in [0.1, 0.15) is 0 Å². The number of alkyl halides is 4. The molecule has 108 heavy (non-hydrogen) atoms. The van der Waals surface area contributed by atoms with Gasteiger partial charge >= 0.3 is 33.0 Å². The van der Waals surface area contributed by atoms with Gasteiger partial charge in [0, 0.05) is 69.9 Å². The van der Waals surface area contributed by atoms with Crippen molar-refractivity contribution in [2.45, 2.75) is 178 Å². The van der Waals surface area contributed by atoms with Crippen LogP contribution in [0.15, 0.2) is 166 Å². The van der Waals surface area contributed by atoms with Crippen molar-refractivity contribution < 1.29 is 72.6 Å². The zero-order chi connectivity index (χ0) is 75.0. The number of halogens is 4. The number of amides is 4. The molecule has 0 heterocycles. The summed E-state index contributed by atoms with van der Waals surface area (Å²) in [7, 11) is 0. The van der Waals surface area contributed by atoms with Crippen LogP contribution in [-0.2, 0) is 58.7 Å². The molecule has 8 aromatic rings. The largest absolute Gasteiger partial charge is 2.00 e. The van der Waals surface area contributed by atoms with E-state index in [1.54, 1.807) is 97.7 Å². The molecule has 14 rings (SSSR count). The minimum Gasteiger partial charge on any atom is -0.871 e. The van der Waals surface area contributed by atoms with Crippen LogP contribution in [-0.4, -0.2) is 83.3 Å². The molecule has 8 atom stereocenters. The van der Waals surface area contributed by atoms with E-state index in [1.165, 1.54) is 22.3 Å². The average molecular weight is 1620 g/mol. The van der Waals surface area contributed by atoms with Crippen molar-refractivity contribution in [3.05, 3.63) is 235 Å². The Labute approximate surface area is 673 Å². The summed E-state index contributed by atoms with van der Waals surface area (Å²) in [4.78, 5) is 72.3. The van der Waals surface area contributed by atoms with E-state index in [9.17, 15) is 39.6 Å². The standard InChI is InChI=1S/2C42H44N4O4.2CH2Cl2.2Ni/c2*1-25-19-21-27-9-7-17-35(37(25)27)45-41(49)31-13-5-11-29(39(31)47)23-43-33-15-3-4-16-34(33)44-24-30-12-6-14-32(40(30)48)42(50)46-36-18-8-10-28-22-20-26(2)38(28)36;2*2-1-3;;/h2*5-14,17-18,23-26,33-34,47-48H,3-4,15-16,19-22H2,1-2H3,(H,45,49)(H,46,50);2*1H2;;/q;;;;2*+2/p-4/t2*25-,26-,33-,34-;;;;/m11..../s1. The Balaban J connectivity index is 0.000000228. The van der Waals surface area contributed by atoms with Gasteiger partial charge in [0.15, 0.2) is 0 Å². The van der Waals surface area contributed by atoms with Gasteiger partial charge in [-0.1, -0.05) is 198 Å². The fourth-order valence-corrected chi connectivity index (χ4v) is 15.8. The van der Waals surface area contributed by atoms with Crippen LogP contribution < -0.4 is 41.7 Å². The molecule has 0 radical (unpaired) electrons. The summed E-state index contributed by atoms with van der Waals surface area (Å²) in [6, 6.07) is 42.7. The Kier molecular flexibility index (Phi) is 30.9. The predicted octanol–water partition coefficient (Wildman–Crippen LogP) is 17.4. The van der Waals surface area contributed by atoms with Gasteiger partial charge in [0.25, 0.3) is 23.6 Å². The predicted molar refractivity (Wildman–Crippen MR) is 424 cm³/mol.